The highest BCUT2D eigenvalue weighted by molar-refractivity contribution is 5.36. The Balaban J connectivity index is 1.66. The molecule has 1 saturated carbocycles. The van der Waals surface area contributed by atoms with E-state index in [0.717, 1.165) is 29.8 Å². The van der Waals surface area contributed by atoms with Gasteiger partial charge in [0.25, 0.3) is 0 Å². The van der Waals surface area contributed by atoms with Gasteiger partial charge in [-0.1, -0.05) is 18.2 Å². The maximum Gasteiger partial charge on any atom is 0.131 e. The molecule has 0 heterocycles. The molecule has 2 nitrogen and oxygen atoms in total. The van der Waals surface area contributed by atoms with Crippen molar-refractivity contribution in [2.45, 2.75) is 12.8 Å². The molecule has 0 bridgehead atoms. The van der Waals surface area contributed by atoms with Crippen LogP contribution in [0.5, 0.6) is 17.2 Å². The molecule has 3 rings (SSSR count). The van der Waals surface area contributed by atoms with Crippen molar-refractivity contribution in [3.63, 3.8) is 0 Å². The molecule has 18 heavy (non-hydrogen) atoms. The van der Waals surface area contributed by atoms with Gasteiger partial charge in [-0.15, -0.1) is 0 Å². The Labute approximate surface area is 107 Å². The van der Waals surface area contributed by atoms with E-state index < -0.39 is 0 Å². The molecule has 1 aliphatic carbocycles. The van der Waals surface area contributed by atoms with Crippen LogP contribution in [0, 0.1) is 12.0 Å². The standard InChI is InChI=1S/C16H15O2/c1-2-5-14(6-3-1)18-16-8-4-7-15(11-16)17-12-13-9-10-13/h1-2,4-8,11,13H,9-10,12H2. The van der Waals surface area contributed by atoms with Crippen molar-refractivity contribution in [1.29, 1.82) is 0 Å². The second-order valence-electron chi connectivity index (χ2n) is 4.57. The fraction of sp³-hybridized carbons (Fsp3) is 0.250. The molecule has 1 radical (unpaired) electrons. The van der Waals surface area contributed by atoms with Gasteiger partial charge in [-0.2, -0.15) is 0 Å². The first kappa shape index (κ1) is 11.1. The summed E-state index contributed by atoms with van der Waals surface area (Å²) in [7, 11) is 0. The number of ether oxygens (including phenoxy) is 2. The highest BCUT2D eigenvalue weighted by Crippen LogP contribution is 2.30. The molecule has 2 aromatic carbocycles. The van der Waals surface area contributed by atoms with Gasteiger partial charge < -0.3 is 9.47 Å². The van der Waals surface area contributed by atoms with E-state index in [1.165, 1.54) is 12.8 Å². The quantitative estimate of drug-likeness (QED) is 0.783. The van der Waals surface area contributed by atoms with Crippen molar-refractivity contribution >= 4 is 0 Å². The van der Waals surface area contributed by atoms with Gasteiger partial charge in [0.1, 0.15) is 17.2 Å². The summed E-state index contributed by atoms with van der Waals surface area (Å²) in [6.07, 6.45) is 2.60. The highest BCUT2D eigenvalue weighted by Gasteiger charge is 2.21. The Kier molecular flexibility index (Phi) is 3.18. The summed E-state index contributed by atoms with van der Waals surface area (Å²) in [5, 5.41) is 0. The lowest BCUT2D eigenvalue weighted by molar-refractivity contribution is 0.298. The Morgan fingerprint density at radius 1 is 1.06 bits per heavy atom. The van der Waals surface area contributed by atoms with Crippen LogP contribution >= 0.6 is 0 Å². The number of benzene rings is 2. The van der Waals surface area contributed by atoms with Crippen molar-refractivity contribution in [2.75, 3.05) is 6.61 Å². The zero-order chi connectivity index (χ0) is 12.2. The summed E-state index contributed by atoms with van der Waals surface area (Å²) < 4.78 is 11.5. The summed E-state index contributed by atoms with van der Waals surface area (Å²) in [6, 6.07) is 18.2. The zero-order valence-electron chi connectivity index (χ0n) is 10.1. The zero-order valence-corrected chi connectivity index (χ0v) is 10.1. The Morgan fingerprint density at radius 2 is 1.89 bits per heavy atom. The van der Waals surface area contributed by atoms with Gasteiger partial charge in [0.2, 0.25) is 0 Å². The number of rotatable bonds is 5. The van der Waals surface area contributed by atoms with E-state index in [1.807, 2.05) is 48.5 Å². The first-order valence-corrected chi connectivity index (χ1v) is 6.27. The summed E-state index contributed by atoms with van der Waals surface area (Å²) in [5.41, 5.74) is 0. The predicted octanol–water partition coefficient (Wildman–Crippen LogP) is 4.07. The first-order chi connectivity index (χ1) is 8.90. The van der Waals surface area contributed by atoms with Crippen molar-refractivity contribution in [3.8, 4) is 17.2 Å². The van der Waals surface area contributed by atoms with Crippen LogP contribution in [0.1, 0.15) is 12.8 Å². The van der Waals surface area contributed by atoms with Gasteiger partial charge in [0.05, 0.1) is 6.61 Å². The fourth-order valence-electron chi connectivity index (χ4n) is 1.70. The van der Waals surface area contributed by atoms with Crippen LogP contribution in [-0.2, 0) is 0 Å². The van der Waals surface area contributed by atoms with E-state index in [0.29, 0.717) is 0 Å². The minimum absolute atomic E-state index is 0.762. The molecule has 2 aromatic rings. The van der Waals surface area contributed by atoms with Gasteiger partial charge in [0, 0.05) is 6.07 Å². The SMILES string of the molecule is [c]1cccc(Oc2cccc(OCC3CC3)c2)c1. The van der Waals surface area contributed by atoms with Crippen LogP contribution in [0.15, 0.2) is 48.5 Å². The summed E-state index contributed by atoms with van der Waals surface area (Å²) in [6.45, 7) is 0.822. The average molecular weight is 239 g/mol. The van der Waals surface area contributed by atoms with E-state index in [2.05, 4.69) is 6.07 Å². The molecule has 0 spiro atoms. The molecule has 0 aliphatic heterocycles. The Morgan fingerprint density at radius 3 is 2.67 bits per heavy atom. The normalized spacial score (nSPS) is 14.2. The molecule has 2 heteroatoms. The van der Waals surface area contributed by atoms with E-state index in [-0.39, 0.29) is 0 Å². The second-order valence-corrected chi connectivity index (χ2v) is 4.57. The van der Waals surface area contributed by atoms with Crippen LogP contribution < -0.4 is 9.47 Å². The third-order valence-electron chi connectivity index (χ3n) is 2.90. The van der Waals surface area contributed by atoms with Gasteiger partial charge in [-0.25, -0.2) is 0 Å². The number of hydrogen-bond donors (Lipinski definition) is 0. The largest absolute Gasteiger partial charge is 0.493 e. The van der Waals surface area contributed by atoms with Gasteiger partial charge in [-0.05, 0) is 49.1 Å². The third kappa shape index (κ3) is 3.04. The maximum absolute atomic E-state index is 5.73. The van der Waals surface area contributed by atoms with Crippen molar-refractivity contribution in [1.82, 2.24) is 0 Å². The minimum Gasteiger partial charge on any atom is -0.493 e. The van der Waals surface area contributed by atoms with E-state index in [4.69, 9.17) is 9.47 Å². The highest BCUT2D eigenvalue weighted by atomic mass is 16.5. The molecule has 0 N–H and O–H groups in total. The van der Waals surface area contributed by atoms with Crippen molar-refractivity contribution in [3.05, 3.63) is 54.6 Å². The van der Waals surface area contributed by atoms with Crippen molar-refractivity contribution in [2.24, 2.45) is 5.92 Å². The molecule has 0 aromatic heterocycles. The molecular weight excluding hydrogens is 224 g/mol. The minimum atomic E-state index is 0.762. The van der Waals surface area contributed by atoms with Crippen LogP contribution in [0.4, 0.5) is 0 Å². The van der Waals surface area contributed by atoms with E-state index >= 15 is 0 Å². The lowest BCUT2D eigenvalue weighted by atomic mass is 10.3. The summed E-state index contributed by atoms with van der Waals surface area (Å²) in [4.78, 5) is 0. The van der Waals surface area contributed by atoms with Crippen LogP contribution in [-0.4, -0.2) is 6.61 Å². The third-order valence-corrected chi connectivity index (χ3v) is 2.90. The summed E-state index contributed by atoms with van der Waals surface area (Å²) >= 11 is 0. The van der Waals surface area contributed by atoms with Gasteiger partial charge >= 0.3 is 0 Å². The van der Waals surface area contributed by atoms with Crippen LogP contribution in [0.2, 0.25) is 0 Å². The Bertz CT molecular complexity index is 504. The van der Waals surface area contributed by atoms with E-state index in [1.54, 1.807) is 0 Å². The molecule has 91 valence electrons. The first-order valence-electron chi connectivity index (χ1n) is 6.27. The molecule has 0 saturated heterocycles. The molecule has 1 aliphatic rings. The smallest absolute Gasteiger partial charge is 0.131 e. The molecule has 0 atom stereocenters. The predicted molar refractivity (Wildman–Crippen MR) is 70.0 cm³/mol. The summed E-state index contributed by atoms with van der Waals surface area (Å²) in [5.74, 6) is 3.22. The average Bonchev–Trinajstić information content (AvgIpc) is 3.22. The lowest BCUT2D eigenvalue weighted by Crippen LogP contribution is -1.98. The molecule has 0 amide bonds. The fourth-order valence-corrected chi connectivity index (χ4v) is 1.70. The number of hydrogen-bond acceptors (Lipinski definition) is 2. The monoisotopic (exact) mass is 239 g/mol. The lowest BCUT2D eigenvalue weighted by Gasteiger charge is -2.08. The maximum atomic E-state index is 5.73. The van der Waals surface area contributed by atoms with Crippen molar-refractivity contribution < 1.29 is 9.47 Å². The van der Waals surface area contributed by atoms with Gasteiger partial charge in [-0.3, -0.25) is 0 Å². The van der Waals surface area contributed by atoms with Gasteiger partial charge in [0.15, 0.2) is 0 Å². The van der Waals surface area contributed by atoms with Crippen LogP contribution in [0.25, 0.3) is 0 Å². The van der Waals surface area contributed by atoms with Crippen LogP contribution in [0.3, 0.4) is 0 Å². The van der Waals surface area contributed by atoms with E-state index in [9.17, 15) is 0 Å². The molecule has 0 unspecified atom stereocenters. The topological polar surface area (TPSA) is 18.5 Å². The Hall–Kier alpha value is -1.96. The second kappa shape index (κ2) is 5.13. The molecular formula is C16H15O2. The molecule has 1 fully saturated rings.